The number of rotatable bonds is 4. The van der Waals surface area contributed by atoms with Crippen LogP contribution in [0, 0.1) is 0 Å². The molecule has 0 fully saturated rings. The minimum atomic E-state index is 0.0587. The molecule has 1 N–H and O–H groups in total. The highest BCUT2D eigenvalue weighted by atomic mass is 32.1. The summed E-state index contributed by atoms with van der Waals surface area (Å²) in [5.74, 6) is 0.0587. The summed E-state index contributed by atoms with van der Waals surface area (Å²) in [4.78, 5) is 5.44. The van der Waals surface area contributed by atoms with E-state index in [9.17, 15) is 5.11 Å². The van der Waals surface area contributed by atoms with Crippen LogP contribution in [-0.4, -0.2) is 26.8 Å². The van der Waals surface area contributed by atoms with E-state index in [2.05, 4.69) is 33.7 Å². The average Bonchev–Trinajstić information content (AvgIpc) is 3.21. The number of hydrogen-bond donors (Lipinski definition) is 1. The van der Waals surface area contributed by atoms with Crippen molar-refractivity contribution in [3.8, 4) is 27.4 Å². The first-order chi connectivity index (χ1) is 11.8. The van der Waals surface area contributed by atoms with Crippen molar-refractivity contribution >= 4 is 17.0 Å². The molecular formula is C18H15N3O2S. The number of thiophene rings is 1. The van der Waals surface area contributed by atoms with Crippen LogP contribution in [0.1, 0.15) is 5.69 Å². The number of fused-ring (bicyclic) bond motifs is 1. The second-order valence-corrected chi connectivity index (χ2v) is 6.27. The van der Waals surface area contributed by atoms with Crippen LogP contribution in [0.2, 0.25) is 0 Å². The van der Waals surface area contributed by atoms with Crippen LogP contribution < -0.4 is 0 Å². The van der Waals surface area contributed by atoms with Gasteiger partial charge in [-0.1, -0.05) is 30.3 Å². The van der Waals surface area contributed by atoms with Gasteiger partial charge in [-0.05, 0) is 22.6 Å². The maximum Gasteiger partial charge on any atom is 0.215 e. The van der Waals surface area contributed by atoms with Crippen molar-refractivity contribution in [2.24, 2.45) is 0 Å². The fourth-order valence-corrected chi connectivity index (χ4v) is 3.70. The van der Waals surface area contributed by atoms with Crippen molar-refractivity contribution in [3.05, 3.63) is 59.7 Å². The molecule has 6 heteroatoms. The number of nitrogens with zero attached hydrogens (tertiary/aromatic N) is 3. The molecule has 0 aliphatic heterocycles. The minimum Gasteiger partial charge on any atom is -0.493 e. The zero-order chi connectivity index (χ0) is 16.5. The largest absolute Gasteiger partial charge is 0.493 e. The third-order valence-corrected chi connectivity index (χ3v) is 4.75. The lowest BCUT2D eigenvalue weighted by molar-refractivity contribution is 0.181. The van der Waals surface area contributed by atoms with E-state index in [1.807, 2.05) is 18.2 Å². The minimum absolute atomic E-state index is 0.0587. The van der Waals surface area contributed by atoms with Gasteiger partial charge in [0.2, 0.25) is 5.88 Å². The third kappa shape index (κ3) is 2.46. The Morgan fingerprint density at radius 2 is 2.00 bits per heavy atom. The Morgan fingerprint density at radius 1 is 1.17 bits per heavy atom. The molecule has 1 aromatic carbocycles. The molecule has 0 radical (unpaired) electrons. The van der Waals surface area contributed by atoms with E-state index in [1.165, 1.54) is 16.1 Å². The maximum absolute atomic E-state index is 10.0. The summed E-state index contributed by atoms with van der Waals surface area (Å²) in [7, 11) is 1.63. The number of benzene rings is 1. The Labute approximate surface area is 142 Å². The molecular weight excluding hydrogens is 322 g/mol. The summed E-state index contributed by atoms with van der Waals surface area (Å²) in [5, 5.41) is 16.6. The Balaban J connectivity index is 1.89. The Morgan fingerprint density at radius 3 is 2.79 bits per heavy atom. The van der Waals surface area contributed by atoms with Gasteiger partial charge in [0.15, 0.2) is 5.65 Å². The smallest absolute Gasteiger partial charge is 0.215 e. The van der Waals surface area contributed by atoms with Gasteiger partial charge in [-0.2, -0.15) is 9.61 Å². The lowest BCUT2D eigenvalue weighted by atomic mass is 10.1. The summed E-state index contributed by atoms with van der Waals surface area (Å²) in [6.07, 6.45) is 1.58. The van der Waals surface area contributed by atoms with E-state index in [-0.39, 0.29) is 5.88 Å². The van der Waals surface area contributed by atoms with Gasteiger partial charge in [-0.15, -0.1) is 11.3 Å². The molecule has 0 aliphatic carbocycles. The highest BCUT2D eigenvalue weighted by molar-refractivity contribution is 7.14. The van der Waals surface area contributed by atoms with Crippen molar-refractivity contribution < 1.29 is 9.84 Å². The van der Waals surface area contributed by atoms with Crippen LogP contribution in [-0.2, 0) is 11.3 Å². The molecule has 0 unspecified atom stereocenters. The molecule has 0 saturated carbocycles. The van der Waals surface area contributed by atoms with Gasteiger partial charge >= 0.3 is 0 Å². The molecule has 120 valence electrons. The first-order valence-electron chi connectivity index (χ1n) is 7.47. The van der Waals surface area contributed by atoms with Gasteiger partial charge in [0, 0.05) is 24.3 Å². The Kier molecular flexibility index (Phi) is 3.76. The summed E-state index contributed by atoms with van der Waals surface area (Å²) in [6, 6.07) is 13.9. The van der Waals surface area contributed by atoms with Gasteiger partial charge in [0.25, 0.3) is 0 Å². The van der Waals surface area contributed by atoms with Crippen molar-refractivity contribution in [1.29, 1.82) is 0 Å². The lowest BCUT2D eigenvalue weighted by Crippen LogP contribution is -1.92. The first-order valence-corrected chi connectivity index (χ1v) is 8.34. The predicted octanol–water partition coefficient (Wildman–Crippen LogP) is 3.98. The Bertz CT molecular complexity index is 992. The predicted molar refractivity (Wildman–Crippen MR) is 94.1 cm³/mol. The normalized spacial score (nSPS) is 11.2. The summed E-state index contributed by atoms with van der Waals surface area (Å²) in [6.45, 7) is 0.358. The summed E-state index contributed by atoms with van der Waals surface area (Å²) < 4.78 is 6.72. The van der Waals surface area contributed by atoms with E-state index in [0.29, 0.717) is 12.3 Å². The van der Waals surface area contributed by atoms with Crippen LogP contribution in [0.15, 0.2) is 54.0 Å². The number of aromatic nitrogens is 3. The quantitative estimate of drug-likeness (QED) is 0.612. The molecule has 4 rings (SSSR count). The third-order valence-electron chi connectivity index (χ3n) is 3.80. The van der Waals surface area contributed by atoms with Gasteiger partial charge in [-0.3, -0.25) is 0 Å². The van der Waals surface area contributed by atoms with E-state index < -0.39 is 0 Å². The van der Waals surface area contributed by atoms with E-state index in [1.54, 1.807) is 24.6 Å². The number of aromatic hydroxyl groups is 1. The van der Waals surface area contributed by atoms with Gasteiger partial charge in [-0.25, -0.2) is 4.98 Å². The molecule has 5 nitrogen and oxygen atoms in total. The standard InChI is InChI=1S/C18H15N3O2S/c1-23-10-14-17(18-19-8-7-16(22)21(18)20-14)15-9-13(11-24-15)12-5-3-2-4-6-12/h2-9,11,22H,10H2,1H3. The lowest BCUT2D eigenvalue weighted by Gasteiger charge is -1.99. The number of ether oxygens (including phenoxy) is 1. The topological polar surface area (TPSA) is 59.7 Å². The second-order valence-electron chi connectivity index (χ2n) is 5.36. The van der Waals surface area contributed by atoms with Gasteiger partial charge in [0.1, 0.15) is 0 Å². The molecule has 0 spiro atoms. The van der Waals surface area contributed by atoms with Crippen molar-refractivity contribution in [3.63, 3.8) is 0 Å². The van der Waals surface area contributed by atoms with Crippen LogP contribution in [0.5, 0.6) is 5.88 Å². The molecule has 0 amide bonds. The van der Waals surface area contributed by atoms with E-state index in [4.69, 9.17) is 4.74 Å². The zero-order valence-electron chi connectivity index (χ0n) is 13.0. The number of methoxy groups -OCH3 is 1. The van der Waals surface area contributed by atoms with Crippen LogP contribution >= 0.6 is 11.3 Å². The molecule has 0 bridgehead atoms. The monoisotopic (exact) mass is 337 g/mol. The van der Waals surface area contributed by atoms with Crippen LogP contribution in [0.3, 0.4) is 0 Å². The molecule has 3 aromatic heterocycles. The Hall–Kier alpha value is -2.70. The first kappa shape index (κ1) is 14.9. The SMILES string of the molecule is COCc1nn2c(O)ccnc2c1-c1cc(-c2ccccc2)cs1. The fourth-order valence-electron chi connectivity index (χ4n) is 2.72. The van der Waals surface area contributed by atoms with Crippen LogP contribution in [0.25, 0.3) is 27.2 Å². The fraction of sp³-hybridized carbons (Fsp3) is 0.111. The molecule has 3 heterocycles. The van der Waals surface area contributed by atoms with Crippen molar-refractivity contribution in [2.45, 2.75) is 6.61 Å². The second kappa shape index (κ2) is 6.07. The molecule has 0 aliphatic rings. The average molecular weight is 337 g/mol. The molecule has 24 heavy (non-hydrogen) atoms. The van der Waals surface area contributed by atoms with E-state index in [0.717, 1.165) is 21.7 Å². The summed E-state index contributed by atoms with van der Waals surface area (Å²) >= 11 is 1.63. The summed E-state index contributed by atoms with van der Waals surface area (Å²) in [5.41, 5.74) is 4.61. The highest BCUT2D eigenvalue weighted by Crippen LogP contribution is 2.37. The molecule has 4 aromatic rings. The molecule has 0 saturated heterocycles. The highest BCUT2D eigenvalue weighted by Gasteiger charge is 2.19. The van der Waals surface area contributed by atoms with Crippen LogP contribution in [0.4, 0.5) is 0 Å². The maximum atomic E-state index is 10.0. The van der Waals surface area contributed by atoms with Gasteiger partial charge in [0.05, 0.1) is 17.9 Å². The van der Waals surface area contributed by atoms with Crippen molar-refractivity contribution in [1.82, 2.24) is 14.6 Å². The molecule has 0 atom stereocenters. The van der Waals surface area contributed by atoms with Gasteiger partial charge < -0.3 is 9.84 Å². The van der Waals surface area contributed by atoms with E-state index >= 15 is 0 Å². The van der Waals surface area contributed by atoms with Crippen molar-refractivity contribution in [2.75, 3.05) is 7.11 Å². The number of hydrogen-bond acceptors (Lipinski definition) is 5. The zero-order valence-corrected chi connectivity index (χ0v) is 13.8.